The van der Waals surface area contributed by atoms with Gasteiger partial charge in [-0.1, -0.05) is 0 Å². The lowest BCUT2D eigenvalue weighted by atomic mass is 10.2. The van der Waals surface area contributed by atoms with Crippen LogP contribution in [0.25, 0.3) is 0 Å². The number of rotatable bonds is 8. The normalized spacial score (nSPS) is 13.4. The van der Waals surface area contributed by atoms with Crippen molar-refractivity contribution in [3.63, 3.8) is 0 Å². The average molecular weight is 369 g/mol. The summed E-state index contributed by atoms with van der Waals surface area (Å²) in [4.78, 5) is 11.2. The summed E-state index contributed by atoms with van der Waals surface area (Å²) in [5.74, 6) is -1.09. The van der Waals surface area contributed by atoms with Crippen molar-refractivity contribution in [1.29, 1.82) is 0 Å². The number of halogens is 3. The van der Waals surface area contributed by atoms with Crippen LogP contribution >= 0.6 is 0 Å². The molecule has 0 aromatic heterocycles. The molecular weight excluding hydrogens is 351 g/mol. The predicted octanol–water partition coefficient (Wildman–Crippen LogP) is 0.717. The van der Waals surface area contributed by atoms with Gasteiger partial charge in [-0.25, -0.2) is 13.1 Å². The van der Waals surface area contributed by atoms with Crippen molar-refractivity contribution in [3.8, 4) is 5.75 Å². The van der Waals surface area contributed by atoms with Gasteiger partial charge in [0, 0.05) is 12.6 Å². The molecule has 0 heterocycles. The maximum atomic E-state index is 12.0. The predicted molar refractivity (Wildman–Crippen MR) is 79.6 cm³/mol. The zero-order valence-corrected chi connectivity index (χ0v) is 13.6. The van der Waals surface area contributed by atoms with Gasteiger partial charge in [0.1, 0.15) is 5.75 Å². The quantitative estimate of drug-likeness (QED) is 0.625. The molecule has 1 unspecified atom stereocenters. The van der Waals surface area contributed by atoms with Crippen molar-refractivity contribution in [3.05, 3.63) is 24.3 Å². The van der Waals surface area contributed by atoms with Gasteiger partial charge < -0.3 is 15.8 Å². The largest absolute Gasteiger partial charge is 0.573 e. The molecule has 0 bridgehead atoms. The first-order chi connectivity index (χ1) is 11.0. The fourth-order valence-electron chi connectivity index (χ4n) is 1.57. The van der Waals surface area contributed by atoms with Crippen molar-refractivity contribution in [1.82, 2.24) is 10.0 Å². The minimum Gasteiger partial charge on any atom is -0.406 e. The number of hydrogen-bond donors (Lipinski definition) is 3. The second-order valence-corrected chi connectivity index (χ2v) is 6.73. The molecule has 0 saturated carbocycles. The van der Waals surface area contributed by atoms with Crippen molar-refractivity contribution in [2.45, 2.75) is 30.6 Å². The van der Waals surface area contributed by atoms with Crippen molar-refractivity contribution >= 4 is 15.9 Å². The molecule has 7 nitrogen and oxygen atoms in total. The Morgan fingerprint density at radius 1 is 1.29 bits per heavy atom. The van der Waals surface area contributed by atoms with Gasteiger partial charge in [0.15, 0.2) is 0 Å². The van der Waals surface area contributed by atoms with Gasteiger partial charge in [0.25, 0.3) is 0 Å². The number of carbonyl (C=O) groups is 1. The number of amides is 1. The highest BCUT2D eigenvalue weighted by molar-refractivity contribution is 7.89. The first-order valence-corrected chi connectivity index (χ1v) is 8.36. The van der Waals surface area contributed by atoms with E-state index in [9.17, 15) is 26.4 Å². The summed E-state index contributed by atoms with van der Waals surface area (Å²) in [6.45, 7) is 1.57. The van der Waals surface area contributed by atoms with Gasteiger partial charge >= 0.3 is 6.36 Å². The number of alkyl halides is 3. The Kier molecular flexibility index (Phi) is 6.99. The van der Waals surface area contributed by atoms with E-state index in [1.807, 2.05) is 4.72 Å². The zero-order chi connectivity index (χ0) is 18.4. The van der Waals surface area contributed by atoms with Gasteiger partial charge in [-0.2, -0.15) is 0 Å². The summed E-state index contributed by atoms with van der Waals surface area (Å²) in [7, 11) is -4.03. The van der Waals surface area contributed by atoms with Gasteiger partial charge in [0.05, 0.1) is 11.4 Å². The van der Waals surface area contributed by atoms with E-state index in [-0.39, 0.29) is 10.9 Å². The third-order valence-electron chi connectivity index (χ3n) is 2.71. The Labute approximate surface area is 137 Å². The average Bonchev–Trinajstić information content (AvgIpc) is 2.44. The molecule has 11 heteroatoms. The number of ether oxygens (including phenoxy) is 1. The van der Waals surface area contributed by atoms with E-state index in [2.05, 4.69) is 10.1 Å². The van der Waals surface area contributed by atoms with Crippen LogP contribution in [0.5, 0.6) is 5.75 Å². The minimum absolute atomic E-state index is 0.0978. The van der Waals surface area contributed by atoms with Crippen molar-refractivity contribution in [2.75, 3.05) is 13.1 Å². The Morgan fingerprint density at radius 2 is 1.88 bits per heavy atom. The third-order valence-corrected chi connectivity index (χ3v) is 4.13. The first-order valence-electron chi connectivity index (χ1n) is 6.87. The van der Waals surface area contributed by atoms with Crippen LogP contribution in [0.1, 0.15) is 13.3 Å². The molecule has 1 aromatic rings. The second kappa shape index (κ2) is 8.31. The van der Waals surface area contributed by atoms with E-state index in [4.69, 9.17) is 5.73 Å². The summed E-state index contributed by atoms with van der Waals surface area (Å²) in [6.07, 6.45) is -4.32. The number of nitrogens with one attached hydrogen (secondary N) is 2. The molecule has 4 N–H and O–H groups in total. The van der Waals surface area contributed by atoms with Crippen LogP contribution in [-0.2, 0) is 14.8 Å². The number of nitrogens with two attached hydrogens (primary N) is 1. The maximum absolute atomic E-state index is 12.0. The lowest BCUT2D eigenvalue weighted by Crippen LogP contribution is -2.38. The molecular formula is C13H18F3N3O4S. The van der Waals surface area contributed by atoms with Crippen molar-refractivity contribution < 1.29 is 31.1 Å². The number of benzene rings is 1. The maximum Gasteiger partial charge on any atom is 0.573 e. The molecule has 1 amide bonds. The molecule has 0 radical (unpaired) electrons. The Morgan fingerprint density at radius 3 is 2.38 bits per heavy atom. The molecule has 0 aliphatic heterocycles. The monoisotopic (exact) mass is 369 g/mol. The Bertz CT molecular complexity index is 645. The van der Waals surface area contributed by atoms with Crippen LogP contribution in [0.3, 0.4) is 0 Å². The number of sulfonamides is 1. The summed E-state index contributed by atoms with van der Waals surface area (Å²) in [5.41, 5.74) is 5.50. The highest BCUT2D eigenvalue weighted by atomic mass is 32.2. The highest BCUT2D eigenvalue weighted by Gasteiger charge is 2.31. The van der Waals surface area contributed by atoms with Crippen molar-refractivity contribution in [2.24, 2.45) is 5.73 Å². The van der Waals surface area contributed by atoms with Crippen LogP contribution in [0, 0.1) is 0 Å². The molecule has 136 valence electrons. The van der Waals surface area contributed by atoms with E-state index in [1.54, 1.807) is 6.92 Å². The SMILES string of the molecule is CC(N)CCNC(=O)CNS(=O)(=O)c1ccc(OC(F)(F)F)cc1. The lowest BCUT2D eigenvalue weighted by molar-refractivity contribution is -0.274. The Hall–Kier alpha value is -1.85. The molecule has 0 fully saturated rings. The molecule has 1 aromatic carbocycles. The van der Waals surface area contributed by atoms with Gasteiger partial charge in [-0.15, -0.1) is 13.2 Å². The molecule has 0 spiro atoms. The fourth-order valence-corrected chi connectivity index (χ4v) is 2.55. The number of hydrogen-bond acceptors (Lipinski definition) is 5. The van der Waals surface area contributed by atoms with Gasteiger partial charge in [-0.05, 0) is 37.6 Å². The third kappa shape index (κ3) is 7.62. The second-order valence-electron chi connectivity index (χ2n) is 4.96. The molecule has 1 atom stereocenters. The minimum atomic E-state index is -4.86. The van der Waals surface area contributed by atoms with Crippen LogP contribution < -0.4 is 20.5 Å². The Balaban J connectivity index is 2.57. The zero-order valence-electron chi connectivity index (χ0n) is 12.8. The topological polar surface area (TPSA) is 111 Å². The van der Waals surface area contributed by atoms with Crippen LogP contribution in [0.15, 0.2) is 29.2 Å². The molecule has 0 aliphatic carbocycles. The highest BCUT2D eigenvalue weighted by Crippen LogP contribution is 2.23. The van der Waals surface area contributed by atoms with E-state index in [1.165, 1.54) is 0 Å². The van der Waals surface area contributed by atoms with Gasteiger partial charge in [0.2, 0.25) is 15.9 Å². The van der Waals surface area contributed by atoms with Crippen LogP contribution in [-0.4, -0.2) is 39.8 Å². The smallest absolute Gasteiger partial charge is 0.406 e. The molecule has 1 rings (SSSR count). The summed E-state index contributed by atoms with van der Waals surface area (Å²) in [5, 5.41) is 2.48. The summed E-state index contributed by atoms with van der Waals surface area (Å²) in [6, 6.07) is 3.52. The lowest BCUT2D eigenvalue weighted by Gasteiger charge is -2.11. The van der Waals surface area contributed by atoms with E-state index in [0.29, 0.717) is 13.0 Å². The standard InChI is InChI=1S/C13H18F3N3O4S/c1-9(17)6-7-18-12(20)8-19-24(21,22)11-4-2-10(3-5-11)23-13(14,15)16/h2-5,9,19H,6-8,17H2,1H3,(H,18,20). The summed E-state index contributed by atoms with van der Waals surface area (Å²) >= 11 is 0. The number of carbonyl (C=O) groups excluding carboxylic acids is 1. The van der Waals surface area contributed by atoms with E-state index in [0.717, 1.165) is 24.3 Å². The molecule has 0 saturated heterocycles. The van der Waals surface area contributed by atoms with E-state index < -0.39 is 34.6 Å². The summed E-state index contributed by atoms with van der Waals surface area (Å²) < 4.78 is 65.7. The first kappa shape index (κ1) is 20.2. The fraction of sp³-hybridized carbons (Fsp3) is 0.462. The van der Waals surface area contributed by atoms with Gasteiger partial charge in [-0.3, -0.25) is 4.79 Å². The van der Waals surface area contributed by atoms with Crippen LogP contribution in [0.2, 0.25) is 0 Å². The molecule has 0 aliphatic rings. The van der Waals surface area contributed by atoms with E-state index >= 15 is 0 Å². The molecule has 24 heavy (non-hydrogen) atoms. The van der Waals surface area contributed by atoms with Crippen LogP contribution in [0.4, 0.5) is 13.2 Å².